The van der Waals surface area contributed by atoms with Crippen molar-refractivity contribution in [3.8, 4) is 5.75 Å². The third-order valence-corrected chi connectivity index (χ3v) is 2.91. The van der Waals surface area contributed by atoms with E-state index in [1.54, 1.807) is 12.1 Å². The van der Waals surface area contributed by atoms with Gasteiger partial charge in [-0.1, -0.05) is 29.8 Å². The molecule has 2 aromatic rings. The average Bonchev–Trinajstić information content (AvgIpc) is 2.48. The third-order valence-electron chi connectivity index (χ3n) is 2.69. The number of esters is 1. The van der Waals surface area contributed by atoms with Gasteiger partial charge in [0.15, 0.2) is 0 Å². The van der Waals surface area contributed by atoms with Crippen LogP contribution in [0.1, 0.15) is 11.1 Å². The second kappa shape index (κ2) is 7.70. The Balaban J connectivity index is 1.82. The van der Waals surface area contributed by atoms with Crippen molar-refractivity contribution in [2.75, 3.05) is 0 Å². The number of rotatable bonds is 6. The normalized spacial score (nSPS) is 10.5. The number of aromatic nitrogens is 1. The fraction of sp³-hybridized carbons (Fsp3) is 0.200. The van der Waals surface area contributed by atoms with Gasteiger partial charge in [0.2, 0.25) is 0 Å². The molecule has 0 aliphatic rings. The number of hydrogen-bond acceptors (Lipinski definition) is 4. The monoisotopic (exact) mass is 327 g/mol. The molecule has 4 nitrogen and oxygen atoms in total. The third kappa shape index (κ3) is 5.29. The van der Waals surface area contributed by atoms with Crippen LogP contribution in [0.2, 0.25) is 5.15 Å². The van der Waals surface area contributed by atoms with Gasteiger partial charge in [-0.05, 0) is 23.8 Å². The van der Waals surface area contributed by atoms with E-state index in [4.69, 9.17) is 16.3 Å². The van der Waals surface area contributed by atoms with Crippen LogP contribution in [0, 0.1) is 0 Å². The summed E-state index contributed by atoms with van der Waals surface area (Å²) >= 11 is 5.65. The first-order chi connectivity index (χ1) is 10.5. The SMILES string of the molecule is O=C(Cc1ccc(OC(F)F)cc1)OCc1ccc(Cl)nc1. The zero-order valence-electron chi connectivity index (χ0n) is 11.3. The van der Waals surface area contributed by atoms with Crippen molar-refractivity contribution in [2.45, 2.75) is 19.6 Å². The number of carbonyl (C=O) groups is 1. The summed E-state index contributed by atoms with van der Waals surface area (Å²) in [6, 6.07) is 9.12. The minimum Gasteiger partial charge on any atom is -0.460 e. The predicted octanol–water partition coefficient (Wildman–Crippen LogP) is 3.62. The Kier molecular flexibility index (Phi) is 5.66. The Morgan fingerprint density at radius 3 is 2.41 bits per heavy atom. The van der Waals surface area contributed by atoms with Gasteiger partial charge >= 0.3 is 12.6 Å². The quantitative estimate of drug-likeness (QED) is 0.600. The molecule has 0 amide bonds. The first-order valence-corrected chi connectivity index (χ1v) is 6.70. The van der Waals surface area contributed by atoms with E-state index in [0.717, 1.165) is 5.56 Å². The van der Waals surface area contributed by atoms with Gasteiger partial charge in [-0.2, -0.15) is 8.78 Å². The summed E-state index contributed by atoms with van der Waals surface area (Å²) in [6.07, 6.45) is 1.56. The second-order valence-electron chi connectivity index (χ2n) is 4.35. The highest BCUT2D eigenvalue weighted by molar-refractivity contribution is 6.29. The zero-order chi connectivity index (χ0) is 15.9. The Morgan fingerprint density at radius 2 is 1.82 bits per heavy atom. The van der Waals surface area contributed by atoms with Crippen molar-refractivity contribution in [3.05, 3.63) is 58.9 Å². The number of halogens is 3. The van der Waals surface area contributed by atoms with E-state index < -0.39 is 12.6 Å². The number of alkyl halides is 2. The maximum Gasteiger partial charge on any atom is 0.387 e. The van der Waals surface area contributed by atoms with Gasteiger partial charge in [-0.15, -0.1) is 0 Å². The number of ether oxygens (including phenoxy) is 2. The van der Waals surface area contributed by atoms with E-state index in [2.05, 4.69) is 9.72 Å². The van der Waals surface area contributed by atoms with Crippen molar-refractivity contribution in [1.82, 2.24) is 4.98 Å². The lowest BCUT2D eigenvalue weighted by Gasteiger charge is -2.07. The average molecular weight is 328 g/mol. The smallest absolute Gasteiger partial charge is 0.387 e. The molecule has 0 saturated heterocycles. The van der Waals surface area contributed by atoms with Crippen LogP contribution in [-0.2, 0) is 22.6 Å². The Bertz CT molecular complexity index is 618. The molecule has 2 rings (SSSR count). The fourth-order valence-corrected chi connectivity index (χ4v) is 1.77. The molecule has 0 fully saturated rings. The van der Waals surface area contributed by atoms with Gasteiger partial charge < -0.3 is 9.47 Å². The predicted molar refractivity (Wildman–Crippen MR) is 75.8 cm³/mol. The van der Waals surface area contributed by atoms with Crippen LogP contribution in [-0.4, -0.2) is 17.6 Å². The van der Waals surface area contributed by atoms with Crippen molar-refractivity contribution in [2.24, 2.45) is 0 Å². The lowest BCUT2D eigenvalue weighted by molar-refractivity contribution is -0.144. The molecule has 0 radical (unpaired) electrons. The van der Waals surface area contributed by atoms with Gasteiger partial charge in [0, 0.05) is 11.8 Å². The molecule has 0 N–H and O–H groups in total. The highest BCUT2D eigenvalue weighted by Gasteiger charge is 2.08. The molecule has 1 aromatic heterocycles. The summed E-state index contributed by atoms with van der Waals surface area (Å²) < 4.78 is 33.3. The molecule has 1 aromatic carbocycles. The van der Waals surface area contributed by atoms with Crippen molar-refractivity contribution in [1.29, 1.82) is 0 Å². The maximum atomic E-state index is 12.0. The molecular weight excluding hydrogens is 316 g/mol. The fourth-order valence-electron chi connectivity index (χ4n) is 1.66. The Hall–Kier alpha value is -2.21. The number of benzene rings is 1. The Morgan fingerprint density at radius 1 is 1.14 bits per heavy atom. The maximum absolute atomic E-state index is 12.0. The molecule has 0 unspecified atom stereocenters. The van der Waals surface area contributed by atoms with Gasteiger partial charge in [0.25, 0.3) is 0 Å². The molecule has 22 heavy (non-hydrogen) atoms. The molecule has 0 spiro atoms. The molecule has 0 atom stereocenters. The first kappa shape index (κ1) is 16.2. The van der Waals surface area contributed by atoms with Gasteiger partial charge in [-0.3, -0.25) is 4.79 Å². The molecule has 116 valence electrons. The largest absolute Gasteiger partial charge is 0.460 e. The van der Waals surface area contributed by atoms with Crippen LogP contribution in [0.15, 0.2) is 42.6 Å². The molecule has 0 aliphatic carbocycles. The second-order valence-corrected chi connectivity index (χ2v) is 4.74. The minimum atomic E-state index is -2.87. The van der Waals surface area contributed by atoms with Crippen LogP contribution in [0.3, 0.4) is 0 Å². The summed E-state index contributed by atoms with van der Waals surface area (Å²) in [5, 5.41) is 0.362. The Labute approximate surface area is 130 Å². The lowest BCUT2D eigenvalue weighted by atomic mass is 10.1. The van der Waals surface area contributed by atoms with E-state index in [-0.39, 0.29) is 18.8 Å². The molecule has 0 saturated carbocycles. The van der Waals surface area contributed by atoms with E-state index in [9.17, 15) is 13.6 Å². The number of pyridine rings is 1. The van der Waals surface area contributed by atoms with E-state index >= 15 is 0 Å². The van der Waals surface area contributed by atoms with Crippen molar-refractivity contribution < 1.29 is 23.0 Å². The van der Waals surface area contributed by atoms with Gasteiger partial charge in [0.05, 0.1) is 6.42 Å². The van der Waals surface area contributed by atoms with E-state index in [1.165, 1.54) is 30.5 Å². The van der Waals surface area contributed by atoms with Gasteiger partial charge in [0.1, 0.15) is 17.5 Å². The van der Waals surface area contributed by atoms with Crippen LogP contribution >= 0.6 is 11.6 Å². The molecule has 0 aliphatic heterocycles. The summed E-state index contributed by atoms with van der Waals surface area (Å²) in [4.78, 5) is 15.6. The van der Waals surface area contributed by atoms with Crippen molar-refractivity contribution >= 4 is 17.6 Å². The number of hydrogen-bond donors (Lipinski definition) is 0. The van der Waals surface area contributed by atoms with Crippen molar-refractivity contribution in [3.63, 3.8) is 0 Å². The minimum absolute atomic E-state index is 0.0377. The summed E-state index contributed by atoms with van der Waals surface area (Å²) in [5.74, 6) is -0.392. The summed E-state index contributed by atoms with van der Waals surface area (Å²) in [5.41, 5.74) is 1.36. The van der Waals surface area contributed by atoms with Crippen LogP contribution in [0.5, 0.6) is 5.75 Å². The topological polar surface area (TPSA) is 48.4 Å². The first-order valence-electron chi connectivity index (χ1n) is 6.33. The summed E-state index contributed by atoms with van der Waals surface area (Å²) in [7, 11) is 0. The highest BCUT2D eigenvalue weighted by Crippen LogP contribution is 2.15. The lowest BCUT2D eigenvalue weighted by Crippen LogP contribution is -2.08. The van der Waals surface area contributed by atoms with Gasteiger partial charge in [-0.25, -0.2) is 4.98 Å². The van der Waals surface area contributed by atoms with E-state index in [0.29, 0.717) is 10.7 Å². The number of carbonyl (C=O) groups excluding carboxylic acids is 1. The van der Waals surface area contributed by atoms with Crippen LogP contribution < -0.4 is 4.74 Å². The molecule has 1 heterocycles. The standard InChI is InChI=1S/C15H12ClF2NO3/c16-13-6-3-11(8-19-13)9-21-14(20)7-10-1-4-12(5-2-10)22-15(17)18/h1-6,8,15H,7,9H2. The molecule has 7 heteroatoms. The van der Waals surface area contributed by atoms with E-state index in [1.807, 2.05) is 0 Å². The number of nitrogens with zero attached hydrogens (tertiary/aromatic N) is 1. The molecular formula is C15H12ClF2NO3. The summed E-state index contributed by atoms with van der Waals surface area (Å²) in [6.45, 7) is -2.78. The van der Waals surface area contributed by atoms with Crippen LogP contribution in [0.25, 0.3) is 0 Å². The highest BCUT2D eigenvalue weighted by atomic mass is 35.5. The zero-order valence-corrected chi connectivity index (χ0v) is 12.1. The molecule has 0 bridgehead atoms. The van der Waals surface area contributed by atoms with Crippen LogP contribution in [0.4, 0.5) is 8.78 Å².